The number of aromatic nitrogens is 2. The molecule has 0 saturated heterocycles. The van der Waals surface area contributed by atoms with Gasteiger partial charge in [-0.2, -0.15) is 5.10 Å². The highest BCUT2D eigenvalue weighted by Gasteiger charge is 2.14. The van der Waals surface area contributed by atoms with Gasteiger partial charge in [-0.3, -0.25) is 9.59 Å². The van der Waals surface area contributed by atoms with E-state index in [2.05, 4.69) is 15.7 Å². The van der Waals surface area contributed by atoms with Crippen LogP contribution in [-0.2, 0) is 6.42 Å². The minimum absolute atomic E-state index is 0.229. The number of carbonyl (C=O) groups is 2. The Bertz CT molecular complexity index is 1300. The van der Waals surface area contributed by atoms with Gasteiger partial charge in [-0.1, -0.05) is 30.3 Å². The van der Waals surface area contributed by atoms with E-state index in [4.69, 9.17) is 4.74 Å². The van der Waals surface area contributed by atoms with Gasteiger partial charge in [0.05, 0.1) is 29.7 Å². The van der Waals surface area contributed by atoms with Crippen molar-refractivity contribution in [1.82, 2.24) is 15.1 Å². The summed E-state index contributed by atoms with van der Waals surface area (Å²) in [6.07, 6.45) is 3.61. The maximum atomic E-state index is 12.8. The normalized spacial score (nSPS) is 10.6. The monoisotopic (exact) mass is 468 g/mol. The Kier molecular flexibility index (Phi) is 7.57. The lowest BCUT2D eigenvalue weighted by molar-refractivity contribution is 0.0954. The number of amides is 2. The second-order valence-corrected chi connectivity index (χ2v) is 8.11. The van der Waals surface area contributed by atoms with Crippen LogP contribution >= 0.6 is 0 Å². The molecule has 35 heavy (non-hydrogen) atoms. The summed E-state index contributed by atoms with van der Waals surface area (Å²) in [5.41, 5.74) is 4.51. The third-order valence-corrected chi connectivity index (χ3v) is 5.70. The van der Waals surface area contributed by atoms with Crippen LogP contribution < -0.4 is 15.4 Å². The van der Waals surface area contributed by atoms with Gasteiger partial charge in [0, 0.05) is 18.3 Å². The SMILES string of the molecule is COc1ccc(C(=O)Nc2ccccc2C(=O)NCCCc2cn(-c3ccccc3)nc2C)cc1. The number of ether oxygens (including phenoxy) is 1. The van der Waals surface area contributed by atoms with Crippen molar-refractivity contribution < 1.29 is 14.3 Å². The van der Waals surface area contributed by atoms with E-state index in [0.29, 0.717) is 29.1 Å². The van der Waals surface area contributed by atoms with E-state index >= 15 is 0 Å². The predicted octanol–water partition coefficient (Wildman–Crippen LogP) is 4.80. The minimum atomic E-state index is -0.293. The van der Waals surface area contributed by atoms with E-state index in [0.717, 1.165) is 29.8 Å². The van der Waals surface area contributed by atoms with Crippen LogP contribution in [0, 0.1) is 6.92 Å². The summed E-state index contributed by atoms with van der Waals surface area (Å²) in [4.78, 5) is 25.5. The van der Waals surface area contributed by atoms with Crippen LogP contribution in [0.3, 0.4) is 0 Å². The molecule has 2 amide bonds. The third kappa shape index (κ3) is 5.95. The minimum Gasteiger partial charge on any atom is -0.497 e. The van der Waals surface area contributed by atoms with Crippen molar-refractivity contribution in [1.29, 1.82) is 0 Å². The molecule has 7 heteroatoms. The van der Waals surface area contributed by atoms with Crippen molar-refractivity contribution in [3.05, 3.63) is 107 Å². The van der Waals surface area contributed by atoms with Crippen molar-refractivity contribution in [3.63, 3.8) is 0 Å². The summed E-state index contributed by atoms with van der Waals surface area (Å²) in [5, 5.41) is 10.4. The molecule has 0 bridgehead atoms. The van der Waals surface area contributed by atoms with Crippen LogP contribution in [0.5, 0.6) is 5.75 Å². The second kappa shape index (κ2) is 11.2. The molecule has 0 spiro atoms. The molecule has 0 unspecified atom stereocenters. The zero-order chi connectivity index (χ0) is 24.6. The molecular weight excluding hydrogens is 440 g/mol. The van der Waals surface area contributed by atoms with E-state index in [-0.39, 0.29) is 11.8 Å². The summed E-state index contributed by atoms with van der Waals surface area (Å²) < 4.78 is 7.01. The fraction of sp³-hybridized carbons (Fsp3) is 0.179. The van der Waals surface area contributed by atoms with Gasteiger partial charge in [-0.25, -0.2) is 4.68 Å². The number of hydrogen-bond acceptors (Lipinski definition) is 4. The highest BCUT2D eigenvalue weighted by molar-refractivity contribution is 6.09. The summed E-state index contributed by atoms with van der Waals surface area (Å²) >= 11 is 0. The molecule has 0 aliphatic rings. The van der Waals surface area contributed by atoms with E-state index in [1.54, 1.807) is 55.6 Å². The molecule has 0 fully saturated rings. The highest BCUT2D eigenvalue weighted by Crippen LogP contribution is 2.18. The van der Waals surface area contributed by atoms with Gasteiger partial charge in [0.15, 0.2) is 0 Å². The molecule has 4 rings (SSSR count). The van der Waals surface area contributed by atoms with E-state index in [1.165, 1.54) is 0 Å². The Labute approximate surface area is 204 Å². The van der Waals surface area contributed by atoms with Gasteiger partial charge in [0.25, 0.3) is 11.8 Å². The van der Waals surface area contributed by atoms with Crippen LogP contribution in [0.2, 0.25) is 0 Å². The molecule has 4 aromatic rings. The van der Waals surface area contributed by atoms with Crippen molar-refractivity contribution in [2.75, 3.05) is 19.0 Å². The zero-order valence-corrected chi connectivity index (χ0v) is 19.8. The molecule has 178 valence electrons. The van der Waals surface area contributed by atoms with Crippen molar-refractivity contribution >= 4 is 17.5 Å². The van der Waals surface area contributed by atoms with Crippen LogP contribution in [-0.4, -0.2) is 35.2 Å². The van der Waals surface area contributed by atoms with Gasteiger partial charge in [-0.05, 0) is 73.9 Å². The molecule has 1 aromatic heterocycles. The average Bonchev–Trinajstić information content (AvgIpc) is 3.27. The first-order valence-corrected chi connectivity index (χ1v) is 11.5. The first-order valence-electron chi connectivity index (χ1n) is 11.5. The summed E-state index contributed by atoms with van der Waals surface area (Å²) in [5.74, 6) is 0.148. The molecule has 7 nitrogen and oxygen atoms in total. The molecule has 3 aromatic carbocycles. The Hall–Kier alpha value is -4.39. The predicted molar refractivity (Wildman–Crippen MR) is 136 cm³/mol. The molecule has 0 saturated carbocycles. The summed E-state index contributed by atoms with van der Waals surface area (Å²) in [7, 11) is 1.57. The number of nitrogens with one attached hydrogen (secondary N) is 2. The Morgan fingerprint density at radius 3 is 2.37 bits per heavy atom. The van der Waals surface area contributed by atoms with Crippen LogP contribution in [0.4, 0.5) is 5.69 Å². The standard InChI is InChI=1S/C28H28N4O3/c1-20-22(19-32(31-20)23-10-4-3-5-11-23)9-8-18-29-28(34)25-12-6-7-13-26(25)30-27(33)21-14-16-24(35-2)17-15-21/h3-7,10-17,19H,8-9,18H2,1-2H3,(H,29,34)(H,30,33). The Balaban J connectivity index is 1.33. The lowest BCUT2D eigenvalue weighted by atomic mass is 10.1. The number of rotatable bonds is 9. The Morgan fingerprint density at radius 2 is 1.63 bits per heavy atom. The number of aryl methyl sites for hydroxylation is 2. The molecular formula is C28H28N4O3. The molecule has 0 aliphatic heterocycles. The third-order valence-electron chi connectivity index (χ3n) is 5.70. The van der Waals surface area contributed by atoms with Gasteiger partial charge in [0.2, 0.25) is 0 Å². The lowest BCUT2D eigenvalue weighted by Crippen LogP contribution is -2.26. The van der Waals surface area contributed by atoms with Crippen LogP contribution in [0.25, 0.3) is 5.69 Å². The van der Waals surface area contributed by atoms with Crippen molar-refractivity contribution in [2.24, 2.45) is 0 Å². The van der Waals surface area contributed by atoms with Crippen LogP contribution in [0.1, 0.15) is 38.4 Å². The number of para-hydroxylation sites is 2. The summed E-state index contributed by atoms with van der Waals surface area (Å²) in [6.45, 7) is 2.50. The number of methoxy groups -OCH3 is 1. The van der Waals surface area contributed by atoms with Gasteiger partial charge in [0.1, 0.15) is 5.75 Å². The van der Waals surface area contributed by atoms with Gasteiger partial charge >= 0.3 is 0 Å². The highest BCUT2D eigenvalue weighted by atomic mass is 16.5. The molecule has 0 radical (unpaired) electrons. The largest absolute Gasteiger partial charge is 0.497 e. The molecule has 1 heterocycles. The molecule has 0 atom stereocenters. The maximum absolute atomic E-state index is 12.8. The maximum Gasteiger partial charge on any atom is 0.255 e. The zero-order valence-electron chi connectivity index (χ0n) is 19.8. The van der Waals surface area contributed by atoms with Crippen molar-refractivity contribution in [3.8, 4) is 11.4 Å². The lowest BCUT2D eigenvalue weighted by Gasteiger charge is -2.12. The average molecular weight is 469 g/mol. The van der Waals surface area contributed by atoms with E-state index < -0.39 is 0 Å². The topological polar surface area (TPSA) is 85.2 Å². The number of anilines is 1. The smallest absolute Gasteiger partial charge is 0.255 e. The van der Waals surface area contributed by atoms with Gasteiger partial charge in [-0.15, -0.1) is 0 Å². The van der Waals surface area contributed by atoms with Gasteiger partial charge < -0.3 is 15.4 Å². The number of carbonyl (C=O) groups excluding carboxylic acids is 2. The summed E-state index contributed by atoms with van der Waals surface area (Å²) in [6, 6.07) is 23.8. The van der Waals surface area contributed by atoms with Crippen LogP contribution in [0.15, 0.2) is 85.1 Å². The first-order chi connectivity index (χ1) is 17.0. The number of hydrogen-bond donors (Lipinski definition) is 2. The molecule has 2 N–H and O–H groups in total. The number of nitrogens with zero attached hydrogens (tertiary/aromatic N) is 2. The Morgan fingerprint density at radius 1 is 0.914 bits per heavy atom. The number of benzene rings is 3. The first kappa shape index (κ1) is 23.8. The second-order valence-electron chi connectivity index (χ2n) is 8.11. The van der Waals surface area contributed by atoms with E-state index in [1.807, 2.05) is 48.1 Å². The fourth-order valence-corrected chi connectivity index (χ4v) is 3.76. The molecule has 0 aliphatic carbocycles. The quantitative estimate of drug-likeness (QED) is 0.346. The van der Waals surface area contributed by atoms with Crippen molar-refractivity contribution in [2.45, 2.75) is 19.8 Å². The van der Waals surface area contributed by atoms with E-state index in [9.17, 15) is 9.59 Å². The fourth-order valence-electron chi connectivity index (χ4n) is 3.76.